The van der Waals surface area contributed by atoms with Crippen molar-refractivity contribution in [2.24, 2.45) is 0 Å². The molecule has 0 fully saturated rings. The molecule has 1 atom stereocenters. The third-order valence-corrected chi connectivity index (χ3v) is 4.21. The summed E-state index contributed by atoms with van der Waals surface area (Å²) in [4.78, 5) is 25.8. The number of aryl methyl sites for hydroxylation is 2. The summed E-state index contributed by atoms with van der Waals surface area (Å²) in [5.74, 6) is -1.54. The number of esters is 1. The molecule has 2 aromatic rings. The minimum atomic E-state index is -0.989. The Bertz CT molecular complexity index is 782. The van der Waals surface area contributed by atoms with E-state index in [-0.39, 0.29) is 0 Å². The number of hydrogen-bond donors (Lipinski definition) is 1. The van der Waals surface area contributed by atoms with E-state index in [0.717, 1.165) is 9.75 Å². The summed E-state index contributed by atoms with van der Waals surface area (Å²) < 4.78 is 18.5. The molecule has 0 radical (unpaired) electrons. The maximum atomic E-state index is 13.5. The molecule has 1 N–H and O–H groups in total. The number of amides is 1. The van der Waals surface area contributed by atoms with E-state index in [4.69, 9.17) is 4.74 Å². The molecular formula is C18H18FNO3S. The highest BCUT2D eigenvalue weighted by Crippen LogP contribution is 2.17. The van der Waals surface area contributed by atoms with Gasteiger partial charge in [-0.2, -0.15) is 0 Å². The Morgan fingerprint density at radius 3 is 2.62 bits per heavy atom. The molecule has 0 saturated carbocycles. The predicted molar refractivity (Wildman–Crippen MR) is 93.4 cm³/mol. The number of hydrogen-bond acceptors (Lipinski definition) is 4. The molecule has 0 bridgehead atoms. The molecule has 0 unspecified atom stereocenters. The molecule has 126 valence electrons. The summed E-state index contributed by atoms with van der Waals surface area (Å²) in [5, 5.41) is 2.51. The van der Waals surface area contributed by atoms with E-state index in [9.17, 15) is 14.0 Å². The zero-order valence-electron chi connectivity index (χ0n) is 13.6. The van der Waals surface area contributed by atoms with Crippen molar-refractivity contribution in [1.82, 2.24) is 0 Å². The van der Waals surface area contributed by atoms with E-state index in [0.29, 0.717) is 11.3 Å². The Balaban J connectivity index is 1.89. The Kier molecular flexibility index (Phi) is 5.87. The Morgan fingerprint density at radius 2 is 2.00 bits per heavy atom. The van der Waals surface area contributed by atoms with Gasteiger partial charge in [-0.1, -0.05) is 6.07 Å². The molecule has 1 aromatic carbocycles. The maximum Gasteiger partial charge on any atom is 0.331 e. The molecular weight excluding hydrogens is 329 g/mol. The van der Waals surface area contributed by atoms with Crippen molar-refractivity contribution in [1.29, 1.82) is 0 Å². The number of carbonyl (C=O) groups is 2. The number of anilines is 1. The fraction of sp³-hybridized carbons (Fsp3) is 0.222. The molecule has 4 nitrogen and oxygen atoms in total. The van der Waals surface area contributed by atoms with Crippen LogP contribution in [0.1, 0.15) is 22.2 Å². The first kappa shape index (κ1) is 17.9. The molecule has 0 spiro atoms. The van der Waals surface area contributed by atoms with Crippen molar-refractivity contribution in [2.45, 2.75) is 26.9 Å². The third-order valence-electron chi connectivity index (χ3n) is 3.25. The zero-order chi connectivity index (χ0) is 17.7. The molecule has 0 aliphatic heterocycles. The number of carbonyl (C=O) groups excluding carboxylic acids is 2. The van der Waals surface area contributed by atoms with Gasteiger partial charge in [-0.25, -0.2) is 9.18 Å². The van der Waals surface area contributed by atoms with Crippen LogP contribution in [-0.2, 0) is 14.3 Å². The number of thiophene rings is 1. The van der Waals surface area contributed by atoms with Gasteiger partial charge in [-0.15, -0.1) is 11.3 Å². The number of halogens is 1. The van der Waals surface area contributed by atoms with Crippen molar-refractivity contribution in [2.75, 3.05) is 5.32 Å². The van der Waals surface area contributed by atoms with Crippen LogP contribution in [0.15, 0.2) is 36.4 Å². The molecule has 1 aromatic heterocycles. The fourth-order valence-electron chi connectivity index (χ4n) is 1.87. The number of rotatable bonds is 5. The van der Waals surface area contributed by atoms with E-state index in [1.54, 1.807) is 36.5 Å². The zero-order valence-corrected chi connectivity index (χ0v) is 14.4. The number of benzene rings is 1. The van der Waals surface area contributed by atoms with E-state index in [2.05, 4.69) is 5.32 Å². The summed E-state index contributed by atoms with van der Waals surface area (Å²) in [6.07, 6.45) is 1.93. The van der Waals surface area contributed by atoms with Gasteiger partial charge in [0.25, 0.3) is 5.91 Å². The van der Waals surface area contributed by atoms with Crippen LogP contribution in [0.2, 0.25) is 0 Å². The van der Waals surface area contributed by atoms with E-state index in [1.807, 2.05) is 19.1 Å². The highest BCUT2D eigenvalue weighted by molar-refractivity contribution is 7.12. The summed E-state index contributed by atoms with van der Waals surface area (Å²) in [6, 6.07) is 8.22. The molecule has 0 saturated heterocycles. The summed E-state index contributed by atoms with van der Waals surface area (Å²) in [5.41, 5.74) is 0.803. The van der Waals surface area contributed by atoms with Crippen LogP contribution in [0.4, 0.5) is 10.1 Å². The Hall–Kier alpha value is -2.47. The van der Waals surface area contributed by atoms with Crippen LogP contribution in [0.25, 0.3) is 6.08 Å². The van der Waals surface area contributed by atoms with Crippen molar-refractivity contribution >= 4 is 35.0 Å². The van der Waals surface area contributed by atoms with Crippen LogP contribution in [0.3, 0.4) is 0 Å². The van der Waals surface area contributed by atoms with Crippen molar-refractivity contribution in [3.63, 3.8) is 0 Å². The first-order valence-corrected chi connectivity index (χ1v) is 8.19. The highest BCUT2D eigenvalue weighted by Gasteiger charge is 2.17. The normalized spacial score (nSPS) is 12.2. The van der Waals surface area contributed by atoms with Crippen LogP contribution >= 0.6 is 11.3 Å². The monoisotopic (exact) mass is 347 g/mol. The van der Waals surface area contributed by atoms with Gasteiger partial charge < -0.3 is 10.1 Å². The second kappa shape index (κ2) is 7.88. The first-order valence-electron chi connectivity index (χ1n) is 7.37. The van der Waals surface area contributed by atoms with Crippen molar-refractivity contribution in [3.05, 3.63) is 57.5 Å². The van der Waals surface area contributed by atoms with Crippen molar-refractivity contribution in [3.8, 4) is 0 Å². The van der Waals surface area contributed by atoms with Gasteiger partial charge in [0.2, 0.25) is 0 Å². The summed E-state index contributed by atoms with van der Waals surface area (Å²) in [6.45, 7) is 5.06. The molecule has 0 aliphatic carbocycles. The first-order chi connectivity index (χ1) is 11.3. The molecule has 0 aliphatic rings. The van der Waals surface area contributed by atoms with E-state index in [1.165, 1.54) is 19.1 Å². The minimum Gasteiger partial charge on any atom is -0.449 e. The van der Waals surface area contributed by atoms with Gasteiger partial charge >= 0.3 is 5.97 Å². The molecule has 24 heavy (non-hydrogen) atoms. The topological polar surface area (TPSA) is 55.4 Å². The van der Waals surface area contributed by atoms with Crippen LogP contribution < -0.4 is 5.32 Å². The maximum absolute atomic E-state index is 13.5. The second-order valence-corrected chi connectivity index (χ2v) is 6.63. The quantitative estimate of drug-likeness (QED) is 0.655. The molecule has 6 heteroatoms. The Labute approximate surface area is 144 Å². The highest BCUT2D eigenvalue weighted by atomic mass is 32.1. The van der Waals surface area contributed by atoms with Gasteiger partial charge in [-0.3, -0.25) is 4.79 Å². The minimum absolute atomic E-state index is 0.315. The van der Waals surface area contributed by atoms with E-state index >= 15 is 0 Å². The smallest absolute Gasteiger partial charge is 0.331 e. The largest absolute Gasteiger partial charge is 0.449 e. The van der Waals surface area contributed by atoms with Gasteiger partial charge in [0.15, 0.2) is 6.10 Å². The number of nitrogens with one attached hydrogen (secondary N) is 1. The lowest BCUT2D eigenvalue weighted by molar-refractivity contribution is -0.148. The second-order valence-electron chi connectivity index (χ2n) is 5.31. The van der Waals surface area contributed by atoms with Crippen LogP contribution in [0.5, 0.6) is 0 Å². The van der Waals surface area contributed by atoms with E-state index < -0.39 is 23.8 Å². The number of ether oxygens (including phenoxy) is 1. The lowest BCUT2D eigenvalue weighted by atomic mass is 10.2. The SMILES string of the molecule is Cc1ccc(/C=C/C(=O)O[C@@H](C)C(=O)Nc2ccc(C)c(F)c2)s1. The van der Waals surface area contributed by atoms with Gasteiger partial charge in [0.1, 0.15) is 5.82 Å². The van der Waals surface area contributed by atoms with Crippen LogP contribution in [0, 0.1) is 19.7 Å². The third kappa shape index (κ3) is 5.03. The molecule has 2 rings (SSSR count). The molecule has 1 heterocycles. The fourth-order valence-corrected chi connectivity index (χ4v) is 2.65. The van der Waals surface area contributed by atoms with Gasteiger partial charge in [-0.05, 0) is 56.7 Å². The Morgan fingerprint density at radius 1 is 1.25 bits per heavy atom. The lowest BCUT2D eigenvalue weighted by Crippen LogP contribution is -2.29. The molecule has 1 amide bonds. The standard InChI is InChI=1S/C18H18FNO3S/c1-11-4-6-14(10-16(11)19)20-18(22)13(3)23-17(21)9-8-15-7-5-12(2)24-15/h4-10,13H,1-3H3,(H,20,22)/b9-8+/t13-/m0/s1. The van der Waals surface area contributed by atoms with Crippen LogP contribution in [-0.4, -0.2) is 18.0 Å². The average molecular weight is 347 g/mol. The average Bonchev–Trinajstić information content (AvgIpc) is 2.94. The summed E-state index contributed by atoms with van der Waals surface area (Å²) >= 11 is 1.55. The van der Waals surface area contributed by atoms with Gasteiger partial charge in [0.05, 0.1) is 0 Å². The summed E-state index contributed by atoms with van der Waals surface area (Å²) in [7, 11) is 0. The predicted octanol–water partition coefficient (Wildman–Crippen LogP) is 4.09. The van der Waals surface area contributed by atoms with Crippen molar-refractivity contribution < 1.29 is 18.7 Å². The lowest BCUT2D eigenvalue weighted by Gasteiger charge is -2.12. The van der Waals surface area contributed by atoms with Gasteiger partial charge in [0, 0.05) is 21.5 Å².